The van der Waals surface area contributed by atoms with E-state index in [1.165, 1.54) is 4.31 Å². The van der Waals surface area contributed by atoms with E-state index < -0.39 is 16.1 Å². The van der Waals surface area contributed by atoms with Gasteiger partial charge in [0.05, 0.1) is 18.0 Å². The minimum absolute atomic E-state index is 0.283. The van der Waals surface area contributed by atoms with Crippen LogP contribution in [-0.2, 0) is 14.8 Å². The highest BCUT2D eigenvalue weighted by Gasteiger charge is 2.30. The number of nitrogens with zero attached hydrogens (tertiary/aromatic N) is 1. The minimum Gasteiger partial charge on any atom is -0.491 e. The van der Waals surface area contributed by atoms with Gasteiger partial charge in [-0.3, -0.25) is 9.10 Å². The quantitative estimate of drug-likeness (QED) is 0.713. The Morgan fingerprint density at radius 1 is 1.07 bits per heavy atom. The lowest BCUT2D eigenvalue weighted by atomic mass is 10.1. The molecular formula is C22H30N2O4S. The van der Waals surface area contributed by atoms with E-state index in [1.54, 1.807) is 13.0 Å². The zero-order valence-corrected chi connectivity index (χ0v) is 18.7. The number of sulfonamides is 1. The second-order valence-electron chi connectivity index (χ2n) is 7.51. The normalized spacial score (nSPS) is 13.4. The van der Waals surface area contributed by atoms with Gasteiger partial charge in [-0.1, -0.05) is 30.3 Å². The van der Waals surface area contributed by atoms with Gasteiger partial charge in [-0.2, -0.15) is 0 Å². The number of anilines is 1. The second kappa shape index (κ2) is 9.31. The Labute approximate surface area is 173 Å². The summed E-state index contributed by atoms with van der Waals surface area (Å²) in [7, 11) is -3.66. The molecule has 0 saturated carbocycles. The Bertz CT molecular complexity index is 973. The molecule has 2 aromatic carbocycles. The van der Waals surface area contributed by atoms with Gasteiger partial charge in [0.15, 0.2) is 0 Å². The monoisotopic (exact) mass is 418 g/mol. The SMILES string of the molecule is Cc1ccc(C)c(N([C@H](C)C(=O)N[C@H](C)COc2ccccc2C)S(C)(=O)=O)c1. The van der Waals surface area contributed by atoms with Crippen LogP contribution >= 0.6 is 0 Å². The van der Waals surface area contributed by atoms with E-state index in [2.05, 4.69) is 5.32 Å². The number of hydrogen-bond donors (Lipinski definition) is 1. The average molecular weight is 419 g/mol. The van der Waals surface area contributed by atoms with Crippen LogP contribution in [0.15, 0.2) is 42.5 Å². The van der Waals surface area contributed by atoms with E-state index in [-0.39, 0.29) is 18.6 Å². The highest BCUT2D eigenvalue weighted by atomic mass is 32.2. The van der Waals surface area contributed by atoms with Crippen molar-refractivity contribution in [1.82, 2.24) is 5.32 Å². The van der Waals surface area contributed by atoms with E-state index in [0.717, 1.165) is 28.7 Å². The first-order valence-electron chi connectivity index (χ1n) is 9.56. The predicted octanol–water partition coefficient (Wildman–Crippen LogP) is 3.35. The predicted molar refractivity (Wildman–Crippen MR) is 117 cm³/mol. The van der Waals surface area contributed by atoms with Crippen molar-refractivity contribution < 1.29 is 17.9 Å². The van der Waals surface area contributed by atoms with Gasteiger partial charge in [0.1, 0.15) is 18.4 Å². The lowest BCUT2D eigenvalue weighted by Crippen LogP contribution is -2.51. The number of hydrogen-bond acceptors (Lipinski definition) is 4. The first-order chi connectivity index (χ1) is 13.5. The molecule has 0 saturated heterocycles. The maximum Gasteiger partial charge on any atom is 0.243 e. The van der Waals surface area contributed by atoms with E-state index in [1.807, 2.05) is 64.1 Å². The van der Waals surface area contributed by atoms with E-state index in [0.29, 0.717) is 5.69 Å². The first kappa shape index (κ1) is 22.7. The molecule has 6 nitrogen and oxygen atoms in total. The van der Waals surface area contributed by atoms with Crippen LogP contribution < -0.4 is 14.4 Å². The van der Waals surface area contributed by atoms with Crippen LogP contribution in [0.4, 0.5) is 5.69 Å². The molecule has 2 atom stereocenters. The zero-order chi connectivity index (χ0) is 21.8. The van der Waals surface area contributed by atoms with E-state index in [9.17, 15) is 13.2 Å². The molecule has 2 aromatic rings. The summed E-state index contributed by atoms with van der Waals surface area (Å²) in [6.45, 7) is 9.37. The number of ether oxygens (including phenoxy) is 1. The van der Waals surface area contributed by atoms with Crippen LogP contribution in [0.3, 0.4) is 0 Å². The molecule has 0 unspecified atom stereocenters. The Morgan fingerprint density at radius 3 is 2.34 bits per heavy atom. The topological polar surface area (TPSA) is 75.7 Å². The largest absolute Gasteiger partial charge is 0.491 e. The van der Waals surface area contributed by atoms with Crippen LogP contribution in [-0.4, -0.2) is 39.3 Å². The number of benzene rings is 2. The van der Waals surface area contributed by atoms with Gasteiger partial charge >= 0.3 is 0 Å². The number of carbonyl (C=O) groups is 1. The lowest BCUT2D eigenvalue weighted by molar-refractivity contribution is -0.122. The van der Waals surface area contributed by atoms with Crippen molar-refractivity contribution in [3.05, 3.63) is 59.2 Å². The Kier molecular flexibility index (Phi) is 7.30. The first-order valence-corrected chi connectivity index (χ1v) is 11.4. The third-order valence-electron chi connectivity index (χ3n) is 4.66. The third kappa shape index (κ3) is 5.97. The number of amides is 1. The summed E-state index contributed by atoms with van der Waals surface area (Å²) < 4.78 is 32.0. The minimum atomic E-state index is -3.66. The van der Waals surface area contributed by atoms with Gasteiger partial charge in [0, 0.05) is 0 Å². The summed E-state index contributed by atoms with van der Waals surface area (Å²) >= 11 is 0. The van der Waals surface area contributed by atoms with E-state index >= 15 is 0 Å². The van der Waals surface area contributed by atoms with Gasteiger partial charge in [0.2, 0.25) is 15.9 Å². The lowest BCUT2D eigenvalue weighted by Gasteiger charge is -2.30. The third-order valence-corrected chi connectivity index (χ3v) is 5.89. The molecule has 158 valence electrons. The number of aryl methyl sites for hydroxylation is 3. The van der Waals surface area contributed by atoms with Crippen LogP contribution in [0.5, 0.6) is 5.75 Å². The fourth-order valence-electron chi connectivity index (χ4n) is 3.08. The number of carbonyl (C=O) groups excluding carboxylic acids is 1. The number of nitrogens with one attached hydrogen (secondary N) is 1. The second-order valence-corrected chi connectivity index (χ2v) is 9.37. The highest BCUT2D eigenvalue weighted by Crippen LogP contribution is 2.26. The maximum atomic E-state index is 12.8. The molecular weight excluding hydrogens is 388 g/mol. The van der Waals surface area contributed by atoms with Crippen molar-refractivity contribution in [2.45, 2.75) is 46.7 Å². The van der Waals surface area contributed by atoms with Gasteiger partial charge in [-0.05, 0) is 63.4 Å². The zero-order valence-electron chi connectivity index (χ0n) is 17.9. The molecule has 0 aliphatic carbocycles. The fourth-order valence-corrected chi connectivity index (χ4v) is 4.30. The summed E-state index contributed by atoms with van der Waals surface area (Å²) in [4.78, 5) is 12.8. The van der Waals surface area contributed by atoms with Crippen LogP contribution in [0, 0.1) is 20.8 Å². The molecule has 1 amide bonds. The van der Waals surface area contributed by atoms with Crippen LogP contribution in [0.25, 0.3) is 0 Å². The molecule has 0 heterocycles. The molecule has 0 fully saturated rings. The van der Waals surface area contributed by atoms with Gasteiger partial charge in [0.25, 0.3) is 0 Å². The number of rotatable bonds is 8. The molecule has 0 aromatic heterocycles. The standard InChI is InChI=1S/C22H30N2O4S/c1-15-11-12-16(2)20(13-15)24(29(6,26)27)19(5)22(25)23-18(4)14-28-21-10-8-7-9-17(21)3/h7-13,18-19H,14H2,1-6H3,(H,23,25)/t18-,19-/m1/s1. The van der Waals surface area contributed by atoms with E-state index in [4.69, 9.17) is 4.74 Å². The molecule has 0 aliphatic rings. The molecule has 0 spiro atoms. The molecule has 0 bridgehead atoms. The fraction of sp³-hybridized carbons (Fsp3) is 0.409. The molecule has 29 heavy (non-hydrogen) atoms. The molecule has 2 rings (SSSR count). The summed E-state index contributed by atoms with van der Waals surface area (Å²) in [6, 6.07) is 12.0. The van der Waals surface area contributed by atoms with Crippen molar-refractivity contribution in [1.29, 1.82) is 0 Å². The summed E-state index contributed by atoms with van der Waals surface area (Å²) in [5, 5.41) is 2.86. The Morgan fingerprint density at radius 2 is 1.72 bits per heavy atom. The van der Waals surface area contributed by atoms with Crippen molar-refractivity contribution in [2.75, 3.05) is 17.2 Å². The van der Waals surface area contributed by atoms with Crippen LogP contribution in [0.2, 0.25) is 0 Å². The van der Waals surface area contributed by atoms with Crippen molar-refractivity contribution in [3.63, 3.8) is 0 Å². The molecule has 0 radical (unpaired) electrons. The van der Waals surface area contributed by atoms with Gasteiger partial charge < -0.3 is 10.1 Å². The number of para-hydroxylation sites is 1. The molecule has 0 aliphatic heterocycles. The van der Waals surface area contributed by atoms with Crippen LogP contribution in [0.1, 0.15) is 30.5 Å². The van der Waals surface area contributed by atoms with Crippen molar-refractivity contribution >= 4 is 21.6 Å². The summed E-state index contributed by atoms with van der Waals surface area (Å²) in [6.07, 6.45) is 1.11. The summed E-state index contributed by atoms with van der Waals surface area (Å²) in [5.41, 5.74) is 3.24. The average Bonchev–Trinajstić information content (AvgIpc) is 2.63. The Hall–Kier alpha value is -2.54. The molecule has 1 N–H and O–H groups in total. The maximum absolute atomic E-state index is 12.8. The van der Waals surface area contributed by atoms with Crippen molar-refractivity contribution in [3.8, 4) is 5.75 Å². The highest BCUT2D eigenvalue weighted by molar-refractivity contribution is 7.92. The van der Waals surface area contributed by atoms with Gasteiger partial charge in [-0.15, -0.1) is 0 Å². The Balaban J connectivity index is 2.13. The smallest absolute Gasteiger partial charge is 0.243 e. The van der Waals surface area contributed by atoms with Crippen molar-refractivity contribution in [2.24, 2.45) is 0 Å². The summed E-state index contributed by atoms with van der Waals surface area (Å²) in [5.74, 6) is 0.381. The van der Waals surface area contributed by atoms with Gasteiger partial charge in [-0.25, -0.2) is 8.42 Å². The molecule has 7 heteroatoms.